The summed E-state index contributed by atoms with van der Waals surface area (Å²) in [4.78, 5) is 2.26. The van der Waals surface area contributed by atoms with Crippen molar-refractivity contribution < 1.29 is 4.74 Å². The Hall–Kier alpha value is -1.03. The molecule has 0 bridgehead atoms. The number of hydrogen-bond acceptors (Lipinski definition) is 4. The van der Waals surface area contributed by atoms with E-state index in [0.29, 0.717) is 6.04 Å². The summed E-state index contributed by atoms with van der Waals surface area (Å²) in [6.45, 7) is 2.21. The highest BCUT2D eigenvalue weighted by molar-refractivity contribution is 7.98. The molecule has 1 rings (SSSR count). The quantitative estimate of drug-likeness (QED) is 0.792. The van der Waals surface area contributed by atoms with E-state index >= 15 is 0 Å². The summed E-state index contributed by atoms with van der Waals surface area (Å²) in [6, 6.07) is 6.36. The van der Waals surface area contributed by atoms with Crippen LogP contribution in [-0.2, 0) is 0 Å². The summed E-state index contributed by atoms with van der Waals surface area (Å²) in [7, 11) is 3.75. The van der Waals surface area contributed by atoms with Crippen LogP contribution in [0.15, 0.2) is 18.2 Å². The van der Waals surface area contributed by atoms with Gasteiger partial charge in [0.1, 0.15) is 5.75 Å². The van der Waals surface area contributed by atoms with Crippen molar-refractivity contribution >= 4 is 23.1 Å². The first kappa shape index (κ1) is 14.0. The van der Waals surface area contributed by atoms with Gasteiger partial charge in [0.15, 0.2) is 0 Å². The predicted molar refractivity (Wildman–Crippen MR) is 78.3 cm³/mol. The van der Waals surface area contributed by atoms with Gasteiger partial charge in [-0.3, -0.25) is 0 Å². The van der Waals surface area contributed by atoms with Crippen molar-refractivity contribution in [2.45, 2.75) is 19.4 Å². The maximum Gasteiger partial charge on any atom is 0.121 e. The van der Waals surface area contributed by atoms with Gasteiger partial charge in [0.2, 0.25) is 0 Å². The van der Waals surface area contributed by atoms with Gasteiger partial charge in [-0.1, -0.05) is 6.92 Å². The molecule has 0 aliphatic carbocycles. The number of anilines is 2. The van der Waals surface area contributed by atoms with Crippen molar-refractivity contribution in [3.05, 3.63) is 18.2 Å². The summed E-state index contributed by atoms with van der Waals surface area (Å²) in [5.41, 5.74) is 7.90. The van der Waals surface area contributed by atoms with Crippen LogP contribution in [0.5, 0.6) is 5.75 Å². The Kier molecular flexibility index (Phi) is 5.48. The van der Waals surface area contributed by atoms with Crippen molar-refractivity contribution in [3.63, 3.8) is 0 Å². The standard InChI is InChI=1S/C13H22N2OS/c1-5-10(9-17-4)15(2)13-7-6-11(16-3)8-12(13)14/h6-8,10H,5,9,14H2,1-4H3. The highest BCUT2D eigenvalue weighted by Crippen LogP contribution is 2.29. The third-order valence-corrected chi connectivity index (χ3v) is 3.71. The Morgan fingerprint density at radius 2 is 2.18 bits per heavy atom. The molecule has 0 radical (unpaired) electrons. The summed E-state index contributed by atoms with van der Waals surface area (Å²) in [6.07, 6.45) is 3.25. The minimum Gasteiger partial charge on any atom is -0.497 e. The van der Waals surface area contributed by atoms with E-state index in [1.165, 1.54) is 0 Å². The first-order chi connectivity index (χ1) is 8.13. The van der Waals surface area contributed by atoms with Gasteiger partial charge in [0.05, 0.1) is 18.5 Å². The lowest BCUT2D eigenvalue weighted by atomic mass is 10.1. The first-order valence-electron chi connectivity index (χ1n) is 5.79. The summed E-state index contributed by atoms with van der Waals surface area (Å²) in [5.74, 6) is 1.91. The zero-order valence-corrected chi connectivity index (χ0v) is 11.9. The third kappa shape index (κ3) is 3.46. The number of nitrogens with zero attached hydrogens (tertiary/aromatic N) is 1. The molecule has 1 atom stereocenters. The van der Waals surface area contributed by atoms with Crippen LogP contribution in [0, 0.1) is 0 Å². The van der Waals surface area contributed by atoms with Crippen molar-refractivity contribution in [1.82, 2.24) is 0 Å². The number of benzene rings is 1. The van der Waals surface area contributed by atoms with Crippen molar-refractivity contribution in [3.8, 4) is 5.75 Å². The van der Waals surface area contributed by atoms with Gasteiger partial charge in [0, 0.05) is 24.9 Å². The second kappa shape index (κ2) is 6.64. The molecule has 96 valence electrons. The number of nitrogen functional groups attached to an aromatic ring is 1. The zero-order valence-electron chi connectivity index (χ0n) is 11.1. The molecule has 2 N–H and O–H groups in total. The van der Waals surface area contributed by atoms with Gasteiger partial charge >= 0.3 is 0 Å². The Labute approximate surface area is 108 Å². The van der Waals surface area contributed by atoms with Gasteiger partial charge < -0.3 is 15.4 Å². The average Bonchev–Trinajstić information content (AvgIpc) is 2.35. The smallest absolute Gasteiger partial charge is 0.121 e. The molecular weight excluding hydrogens is 232 g/mol. The minimum absolute atomic E-state index is 0.515. The molecule has 0 aromatic heterocycles. The number of rotatable bonds is 6. The van der Waals surface area contributed by atoms with Gasteiger partial charge in [-0.2, -0.15) is 11.8 Å². The van der Waals surface area contributed by atoms with E-state index in [1.54, 1.807) is 7.11 Å². The average molecular weight is 254 g/mol. The normalized spacial score (nSPS) is 12.2. The van der Waals surface area contributed by atoms with E-state index < -0.39 is 0 Å². The summed E-state index contributed by atoms with van der Waals surface area (Å²) in [5, 5.41) is 0. The second-order valence-electron chi connectivity index (χ2n) is 4.05. The van der Waals surface area contributed by atoms with E-state index in [1.807, 2.05) is 30.0 Å². The Balaban J connectivity index is 2.90. The Bertz CT molecular complexity index is 357. The van der Waals surface area contributed by atoms with Crippen LogP contribution in [-0.4, -0.2) is 32.2 Å². The fourth-order valence-corrected chi connectivity index (χ4v) is 2.72. The predicted octanol–water partition coefficient (Wildman–Crippen LogP) is 2.86. The Morgan fingerprint density at radius 3 is 2.65 bits per heavy atom. The molecule has 17 heavy (non-hydrogen) atoms. The first-order valence-corrected chi connectivity index (χ1v) is 7.18. The van der Waals surface area contributed by atoms with Gasteiger partial charge in [-0.25, -0.2) is 0 Å². The molecular formula is C13H22N2OS. The highest BCUT2D eigenvalue weighted by Gasteiger charge is 2.15. The molecule has 3 nitrogen and oxygen atoms in total. The maximum atomic E-state index is 6.06. The van der Waals surface area contributed by atoms with Crippen LogP contribution >= 0.6 is 11.8 Å². The van der Waals surface area contributed by atoms with Gasteiger partial charge in [0.25, 0.3) is 0 Å². The van der Waals surface area contributed by atoms with E-state index in [2.05, 4.69) is 25.1 Å². The number of ether oxygens (including phenoxy) is 1. The monoisotopic (exact) mass is 254 g/mol. The van der Waals surface area contributed by atoms with Crippen LogP contribution < -0.4 is 15.4 Å². The second-order valence-corrected chi connectivity index (χ2v) is 4.96. The molecule has 0 saturated heterocycles. The largest absolute Gasteiger partial charge is 0.497 e. The zero-order chi connectivity index (χ0) is 12.8. The van der Waals surface area contributed by atoms with Crippen LogP contribution in [0.3, 0.4) is 0 Å². The van der Waals surface area contributed by atoms with Gasteiger partial charge in [-0.15, -0.1) is 0 Å². The fourth-order valence-electron chi connectivity index (χ4n) is 1.87. The van der Waals surface area contributed by atoms with E-state index in [-0.39, 0.29) is 0 Å². The molecule has 1 unspecified atom stereocenters. The van der Waals surface area contributed by atoms with Crippen LogP contribution in [0.2, 0.25) is 0 Å². The molecule has 0 saturated carbocycles. The SMILES string of the molecule is CCC(CSC)N(C)c1ccc(OC)cc1N. The molecule has 0 fully saturated rings. The molecule has 0 spiro atoms. The molecule has 0 amide bonds. The van der Waals surface area contributed by atoms with E-state index in [4.69, 9.17) is 10.5 Å². The van der Waals surface area contributed by atoms with Crippen LogP contribution in [0.1, 0.15) is 13.3 Å². The number of hydrogen-bond donors (Lipinski definition) is 1. The summed E-state index contributed by atoms with van der Waals surface area (Å²) < 4.78 is 5.16. The topological polar surface area (TPSA) is 38.5 Å². The number of nitrogens with two attached hydrogens (primary N) is 1. The maximum absolute atomic E-state index is 6.06. The Morgan fingerprint density at radius 1 is 1.47 bits per heavy atom. The van der Waals surface area contributed by atoms with E-state index in [9.17, 15) is 0 Å². The molecule has 0 heterocycles. The fraction of sp³-hybridized carbons (Fsp3) is 0.538. The molecule has 0 aliphatic rings. The van der Waals surface area contributed by atoms with Crippen LogP contribution in [0.4, 0.5) is 11.4 Å². The molecule has 1 aromatic rings. The van der Waals surface area contributed by atoms with E-state index in [0.717, 1.165) is 29.3 Å². The third-order valence-electron chi connectivity index (χ3n) is 2.99. The molecule has 0 aliphatic heterocycles. The summed E-state index contributed by atoms with van der Waals surface area (Å²) >= 11 is 1.86. The van der Waals surface area contributed by atoms with Gasteiger partial charge in [-0.05, 0) is 24.8 Å². The van der Waals surface area contributed by atoms with Crippen molar-refractivity contribution in [2.75, 3.05) is 36.8 Å². The number of methoxy groups -OCH3 is 1. The molecule has 4 heteroatoms. The molecule has 1 aromatic carbocycles. The van der Waals surface area contributed by atoms with Crippen LogP contribution in [0.25, 0.3) is 0 Å². The lowest BCUT2D eigenvalue weighted by Gasteiger charge is -2.30. The van der Waals surface area contributed by atoms with Crippen molar-refractivity contribution in [1.29, 1.82) is 0 Å². The number of thioether (sulfide) groups is 1. The highest BCUT2D eigenvalue weighted by atomic mass is 32.2. The minimum atomic E-state index is 0.515. The lowest BCUT2D eigenvalue weighted by Crippen LogP contribution is -2.33. The van der Waals surface area contributed by atoms with Crippen molar-refractivity contribution in [2.24, 2.45) is 0 Å². The lowest BCUT2D eigenvalue weighted by molar-refractivity contribution is 0.415.